The lowest BCUT2D eigenvalue weighted by molar-refractivity contribution is 0.0152. The van der Waals surface area contributed by atoms with E-state index in [1.165, 1.54) is 0 Å². The van der Waals surface area contributed by atoms with Gasteiger partial charge in [0.25, 0.3) is 5.91 Å². The lowest BCUT2D eigenvalue weighted by atomic mass is 9.76. The molecule has 2 aromatic rings. The first-order valence-electron chi connectivity index (χ1n) is 11.2. The highest BCUT2D eigenvalue weighted by molar-refractivity contribution is 5.97. The zero-order chi connectivity index (χ0) is 22.6. The molecule has 0 bridgehead atoms. The summed E-state index contributed by atoms with van der Waals surface area (Å²) in [7, 11) is 0. The minimum atomic E-state index is -0.503. The minimum absolute atomic E-state index is 0.00454. The number of ether oxygens (including phenoxy) is 2. The Kier molecular flexibility index (Phi) is 6.56. The normalized spacial score (nSPS) is 17.2. The third kappa shape index (κ3) is 4.39. The SMILES string of the molecule is CCc1nn(CCCOC(=O)c2ccccc2C#N)c2c1C(=O)NCC1(CCOCC1)C2. The van der Waals surface area contributed by atoms with Gasteiger partial charge in [-0.15, -0.1) is 0 Å². The summed E-state index contributed by atoms with van der Waals surface area (Å²) in [5.41, 5.74) is 3.05. The summed E-state index contributed by atoms with van der Waals surface area (Å²) in [6.07, 6.45) is 3.85. The summed E-state index contributed by atoms with van der Waals surface area (Å²) in [6.45, 7) is 4.84. The molecule has 1 aromatic carbocycles. The number of nitrogens with one attached hydrogen (secondary N) is 1. The summed E-state index contributed by atoms with van der Waals surface area (Å²) < 4.78 is 12.9. The van der Waals surface area contributed by atoms with Gasteiger partial charge in [0.2, 0.25) is 0 Å². The molecule has 2 aliphatic heterocycles. The van der Waals surface area contributed by atoms with Crippen molar-refractivity contribution in [3.05, 3.63) is 52.3 Å². The molecule has 32 heavy (non-hydrogen) atoms. The Labute approximate surface area is 187 Å². The Hall–Kier alpha value is -3.18. The van der Waals surface area contributed by atoms with Crippen LogP contribution in [0.5, 0.6) is 0 Å². The molecule has 0 aliphatic carbocycles. The van der Waals surface area contributed by atoms with Crippen LogP contribution in [0.2, 0.25) is 0 Å². The van der Waals surface area contributed by atoms with E-state index in [9.17, 15) is 9.59 Å². The Morgan fingerprint density at radius 2 is 2.12 bits per heavy atom. The second kappa shape index (κ2) is 9.53. The number of nitrogens with zero attached hydrogens (tertiary/aromatic N) is 3. The van der Waals surface area contributed by atoms with Gasteiger partial charge < -0.3 is 14.8 Å². The van der Waals surface area contributed by atoms with E-state index in [0.29, 0.717) is 50.3 Å². The average molecular weight is 437 g/mol. The van der Waals surface area contributed by atoms with Crippen molar-refractivity contribution in [2.45, 2.75) is 45.6 Å². The first kappa shape index (κ1) is 22.0. The van der Waals surface area contributed by atoms with Gasteiger partial charge in [0.1, 0.15) is 6.07 Å². The molecule has 1 aromatic heterocycles. The van der Waals surface area contributed by atoms with Crippen molar-refractivity contribution in [1.82, 2.24) is 15.1 Å². The van der Waals surface area contributed by atoms with Crippen LogP contribution in [0.4, 0.5) is 0 Å². The number of aromatic nitrogens is 2. The molecule has 8 nitrogen and oxygen atoms in total. The van der Waals surface area contributed by atoms with Crippen molar-refractivity contribution in [2.75, 3.05) is 26.4 Å². The fourth-order valence-corrected chi connectivity index (χ4v) is 4.57. The molecule has 1 saturated heterocycles. The maximum absolute atomic E-state index is 12.9. The van der Waals surface area contributed by atoms with Gasteiger partial charge in [-0.2, -0.15) is 10.4 Å². The molecule has 1 fully saturated rings. The molecule has 1 N–H and O–H groups in total. The minimum Gasteiger partial charge on any atom is -0.462 e. The molecule has 0 atom stereocenters. The lowest BCUT2D eigenvalue weighted by Crippen LogP contribution is -2.40. The number of fused-ring (bicyclic) bond motifs is 1. The number of carbonyl (C=O) groups is 2. The fourth-order valence-electron chi connectivity index (χ4n) is 4.57. The number of esters is 1. The highest BCUT2D eigenvalue weighted by Gasteiger charge is 2.39. The van der Waals surface area contributed by atoms with Crippen molar-refractivity contribution >= 4 is 11.9 Å². The van der Waals surface area contributed by atoms with E-state index in [4.69, 9.17) is 19.8 Å². The van der Waals surface area contributed by atoms with Crippen molar-refractivity contribution in [3.63, 3.8) is 0 Å². The van der Waals surface area contributed by atoms with Crippen LogP contribution < -0.4 is 5.32 Å². The van der Waals surface area contributed by atoms with Gasteiger partial charge in [-0.1, -0.05) is 19.1 Å². The van der Waals surface area contributed by atoms with Crippen molar-refractivity contribution in [1.29, 1.82) is 5.26 Å². The predicted octanol–water partition coefficient (Wildman–Crippen LogP) is 2.65. The monoisotopic (exact) mass is 436 g/mol. The largest absolute Gasteiger partial charge is 0.462 e. The van der Waals surface area contributed by atoms with Crippen LogP contribution in [0.3, 0.4) is 0 Å². The molecule has 4 rings (SSSR count). The number of carbonyl (C=O) groups excluding carboxylic acids is 2. The number of hydrogen-bond acceptors (Lipinski definition) is 6. The van der Waals surface area contributed by atoms with Crippen LogP contribution in [-0.4, -0.2) is 48.0 Å². The molecule has 8 heteroatoms. The quantitative estimate of drug-likeness (QED) is 0.551. The van der Waals surface area contributed by atoms with E-state index < -0.39 is 5.97 Å². The zero-order valence-corrected chi connectivity index (χ0v) is 18.4. The van der Waals surface area contributed by atoms with Gasteiger partial charge in [0.05, 0.1) is 34.7 Å². The van der Waals surface area contributed by atoms with Crippen LogP contribution in [0.1, 0.15) is 63.9 Å². The molecular formula is C24H28N4O4. The van der Waals surface area contributed by atoms with Crippen LogP contribution in [0.25, 0.3) is 0 Å². The average Bonchev–Trinajstić information content (AvgIpc) is 3.10. The molecular weight excluding hydrogens is 408 g/mol. The summed E-state index contributed by atoms with van der Waals surface area (Å²) >= 11 is 0. The number of rotatable bonds is 6. The molecule has 1 amide bonds. The Morgan fingerprint density at radius 1 is 1.34 bits per heavy atom. The summed E-state index contributed by atoms with van der Waals surface area (Å²) in [6, 6.07) is 8.62. The fraction of sp³-hybridized carbons (Fsp3) is 0.500. The first-order valence-corrected chi connectivity index (χ1v) is 11.2. The second-order valence-electron chi connectivity index (χ2n) is 8.46. The topological polar surface area (TPSA) is 106 Å². The Balaban J connectivity index is 1.46. The molecule has 2 aliphatic rings. The Bertz CT molecular complexity index is 1050. The number of aryl methyl sites for hydroxylation is 2. The molecule has 3 heterocycles. The second-order valence-corrected chi connectivity index (χ2v) is 8.46. The van der Waals surface area contributed by atoms with Gasteiger partial charge in [0, 0.05) is 32.7 Å². The van der Waals surface area contributed by atoms with Crippen LogP contribution in [-0.2, 0) is 28.9 Å². The number of nitriles is 1. The van der Waals surface area contributed by atoms with E-state index in [2.05, 4.69) is 5.32 Å². The highest BCUT2D eigenvalue weighted by atomic mass is 16.5. The molecule has 0 radical (unpaired) electrons. The van der Waals surface area contributed by atoms with Crippen molar-refractivity contribution in [2.24, 2.45) is 5.41 Å². The van der Waals surface area contributed by atoms with Gasteiger partial charge in [-0.05, 0) is 43.2 Å². The van der Waals surface area contributed by atoms with E-state index in [0.717, 1.165) is 30.7 Å². The maximum atomic E-state index is 12.9. The van der Waals surface area contributed by atoms with Gasteiger partial charge in [0.15, 0.2) is 0 Å². The third-order valence-electron chi connectivity index (χ3n) is 6.43. The van der Waals surface area contributed by atoms with Crippen molar-refractivity contribution in [3.8, 4) is 6.07 Å². The van der Waals surface area contributed by atoms with E-state index in [1.54, 1.807) is 24.3 Å². The van der Waals surface area contributed by atoms with Crippen LogP contribution in [0, 0.1) is 16.7 Å². The predicted molar refractivity (Wildman–Crippen MR) is 116 cm³/mol. The maximum Gasteiger partial charge on any atom is 0.339 e. The highest BCUT2D eigenvalue weighted by Crippen LogP contribution is 2.37. The number of amides is 1. The molecule has 0 unspecified atom stereocenters. The number of hydrogen-bond donors (Lipinski definition) is 1. The smallest absolute Gasteiger partial charge is 0.339 e. The summed E-state index contributed by atoms with van der Waals surface area (Å²) in [4.78, 5) is 25.2. The lowest BCUT2D eigenvalue weighted by Gasteiger charge is -2.36. The standard InChI is InChI=1S/C24H28N4O4/c1-2-19-21-20(14-24(16-26-22(21)29)8-12-31-13-9-24)28(27-19)10-5-11-32-23(30)18-7-4-3-6-17(18)15-25/h3-4,6-7H,2,5,8-14,16H2,1H3,(H,26,29). The van der Waals surface area contributed by atoms with Gasteiger partial charge >= 0.3 is 5.97 Å². The molecule has 0 saturated carbocycles. The molecule has 168 valence electrons. The van der Waals surface area contributed by atoms with E-state index in [1.807, 2.05) is 17.7 Å². The third-order valence-corrected chi connectivity index (χ3v) is 6.43. The van der Waals surface area contributed by atoms with Crippen LogP contribution in [0.15, 0.2) is 24.3 Å². The first-order chi connectivity index (χ1) is 15.6. The zero-order valence-electron chi connectivity index (χ0n) is 18.4. The summed E-state index contributed by atoms with van der Waals surface area (Å²) in [5.74, 6) is -0.553. The van der Waals surface area contributed by atoms with E-state index >= 15 is 0 Å². The van der Waals surface area contributed by atoms with Gasteiger partial charge in [-0.25, -0.2) is 4.79 Å². The number of benzene rings is 1. The summed E-state index contributed by atoms with van der Waals surface area (Å²) in [5, 5.41) is 17.0. The Morgan fingerprint density at radius 3 is 2.88 bits per heavy atom. The molecule has 1 spiro atoms. The van der Waals surface area contributed by atoms with Crippen LogP contribution >= 0.6 is 0 Å². The van der Waals surface area contributed by atoms with E-state index in [-0.39, 0.29) is 23.5 Å². The van der Waals surface area contributed by atoms with Gasteiger partial charge in [-0.3, -0.25) is 9.48 Å². The van der Waals surface area contributed by atoms with Crippen molar-refractivity contribution < 1.29 is 19.1 Å².